The second-order valence-corrected chi connectivity index (χ2v) is 9.24. The van der Waals surface area contributed by atoms with Crippen molar-refractivity contribution >= 4 is 21.7 Å². The van der Waals surface area contributed by atoms with Crippen molar-refractivity contribution in [2.75, 3.05) is 11.5 Å². The van der Waals surface area contributed by atoms with E-state index in [4.69, 9.17) is 0 Å². The summed E-state index contributed by atoms with van der Waals surface area (Å²) in [6.45, 7) is 2.29. The molecule has 1 heteroatoms. The second-order valence-electron chi connectivity index (χ2n) is 6.97. The molecule has 2 aromatic carbocycles. The molecule has 0 bridgehead atoms. The van der Waals surface area contributed by atoms with Crippen molar-refractivity contribution in [3.63, 3.8) is 0 Å². The molecule has 3 rings (SSSR count). The zero-order valence-electron chi connectivity index (χ0n) is 14.7. The first-order valence-corrected chi connectivity index (χ1v) is 11.1. The summed E-state index contributed by atoms with van der Waals surface area (Å²) in [7, 11) is 0.539. The van der Waals surface area contributed by atoms with E-state index in [0.29, 0.717) is 10.9 Å². The molecule has 1 fully saturated rings. The van der Waals surface area contributed by atoms with E-state index in [1.54, 1.807) is 4.90 Å². The minimum atomic E-state index is 0.539. The molecule has 0 unspecified atom stereocenters. The van der Waals surface area contributed by atoms with Crippen LogP contribution in [0.5, 0.6) is 0 Å². The van der Waals surface area contributed by atoms with Crippen LogP contribution in [0.25, 0.3) is 10.8 Å². The van der Waals surface area contributed by atoms with Crippen molar-refractivity contribution in [1.29, 1.82) is 0 Å². The van der Waals surface area contributed by atoms with Gasteiger partial charge in [-0.05, 0) is 54.2 Å². The zero-order chi connectivity index (χ0) is 15.9. The van der Waals surface area contributed by atoms with E-state index >= 15 is 0 Å². The third kappa shape index (κ3) is 4.76. The van der Waals surface area contributed by atoms with Crippen molar-refractivity contribution < 1.29 is 0 Å². The Hall–Kier alpha value is -0.950. The Kier molecular flexibility index (Phi) is 6.45. The highest BCUT2D eigenvalue weighted by Crippen LogP contribution is 2.27. The van der Waals surface area contributed by atoms with E-state index in [1.165, 1.54) is 85.6 Å². The van der Waals surface area contributed by atoms with E-state index in [2.05, 4.69) is 43.3 Å². The van der Waals surface area contributed by atoms with Crippen LogP contribution in [0.4, 0.5) is 0 Å². The molecule has 0 nitrogen and oxygen atoms in total. The Morgan fingerprint density at radius 1 is 0.783 bits per heavy atom. The fourth-order valence-electron chi connectivity index (χ4n) is 3.61. The summed E-state index contributed by atoms with van der Waals surface area (Å²) in [6, 6.07) is 14.3. The first kappa shape index (κ1) is 16.9. The lowest BCUT2D eigenvalue weighted by molar-refractivity contribution is 0.607. The molecule has 0 radical (unpaired) electrons. The van der Waals surface area contributed by atoms with Gasteiger partial charge in [-0.1, -0.05) is 57.2 Å². The van der Waals surface area contributed by atoms with Gasteiger partial charge in [0.1, 0.15) is 11.5 Å². The number of aryl methyl sites for hydroxylation is 1. The van der Waals surface area contributed by atoms with Crippen LogP contribution in [-0.2, 0) is 17.3 Å². The number of hydrogen-bond acceptors (Lipinski definition) is 0. The monoisotopic (exact) mass is 327 g/mol. The van der Waals surface area contributed by atoms with E-state index < -0.39 is 0 Å². The van der Waals surface area contributed by atoms with Gasteiger partial charge in [-0.3, -0.25) is 0 Å². The van der Waals surface area contributed by atoms with Gasteiger partial charge in [0.05, 0.1) is 0 Å². The van der Waals surface area contributed by atoms with E-state index in [-0.39, 0.29) is 0 Å². The predicted molar refractivity (Wildman–Crippen MR) is 106 cm³/mol. The summed E-state index contributed by atoms with van der Waals surface area (Å²) in [5, 5.41) is 2.87. The average molecular weight is 328 g/mol. The minimum Gasteiger partial charge on any atom is -0.0654 e. The van der Waals surface area contributed by atoms with Gasteiger partial charge in [0.25, 0.3) is 0 Å². The summed E-state index contributed by atoms with van der Waals surface area (Å²) in [5.41, 5.74) is 1.52. The lowest BCUT2D eigenvalue weighted by atomic mass is 10.0. The van der Waals surface area contributed by atoms with E-state index in [0.717, 1.165) is 0 Å². The van der Waals surface area contributed by atoms with Crippen molar-refractivity contribution in [2.24, 2.45) is 0 Å². The van der Waals surface area contributed by atoms with Crippen molar-refractivity contribution in [1.82, 2.24) is 0 Å². The van der Waals surface area contributed by atoms with Crippen LogP contribution in [0.3, 0.4) is 0 Å². The van der Waals surface area contributed by atoms with Gasteiger partial charge in [-0.2, -0.15) is 0 Å². The molecule has 0 aliphatic carbocycles. The van der Waals surface area contributed by atoms with Gasteiger partial charge in [0, 0.05) is 17.0 Å². The molecule has 0 N–H and O–H groups in total. The molecule has 1 aliphatic heterocycles. The highest BCUT2D eigenvalue weighted by Gasteiger charge is 2.26. The molecule has 124 valence electrons. The topological polar surface area (TPSA) is 0 Å². The van der Waals surface area contributed by atoms with Crippen LogP contribution in [0.15, 0.2) is 41.3 Å². The maximum absolute atomic E-state index is 2.46. The Balaban J connectivity index is 1.57. The summed E-state index contributed by atoms with van der Waals surface area (Å²) < 4.78 is 0. The van der Waals surface area contributed by atoms with Crippen LogP contribution in [0.2, 0.25) is 0 Å². The highest BCUT2D eigenvalue weighted by atomic mass is 32.2. The Morgan fingerprint density at radius 2 is 1.48 bits per heavy atom. The number of fused-ring (bicyclic) bond motifs is 1. The summed E-state index contributed by atoms with van der Waals surface area (Å²) >= 11 is 0. The predicted octanol–water partition coefficient (Wildman–Crippen LogP) is 6.51. The molecule has 1 heterocycles. The molecule has 23 heavy (non-hydrogen) atoms. The molecule has 1 saturated heterocycles. The summed E-state index contributed by atoms with van der Waals surface area (Å²) in [4.78, 5) is 1.60. The number of rotatable bonds is 8. The maximum Gasteiger partial charge on any atom is 0.155 e. The SMILES string of the molecule is CCCCCCCCc1ccc2cc([S+]3CCCC3)ccc2c1. The van der Waals surface area contributed by atoms with Crippen LogP contribution < -0.4 is 0 Å². The van der Waals surface area contributed by atoms with Gasteiger partial charge in [-0.25, -0.2) is 0 Å². The fraction of sp³-hybridized carbons (Fsp3) is 0.545. The van der Waals surface area contributed by atoms with Crippen molar-refractivity contribution in [3.05, 3.63) is 42.0 Å². The van der Waals surface area contributed by atoms with Crippen molar-refractivity contribution in [2.45, 2.75) is 69.6 Å². The molecule has 0 spiro atoms. The van der Waals surface area contributed by atoms with Crippen LogP contribution in [0.1, 0.15) is 63.9 Å². The van der Waals surface area contributed by atoms with E-state index in [1.807, 2.05) is 0 Å². The van der Waals surface area contributed by atoms with Crippen LogP contribution in [-0.4, -0.2) is 11.5 Å². The number of unbranched alkanes of at least 4 members (excludes halogenated alkanes) is 5. The molecule has 2 aromatic rings. The van der Waals surface area contributed by atoms with Gasteiger partial charge in [0.15, 0.2) is 4.90 Å². The quantitative estimate of drug-likeness (QED) is 0.383. The third-order valence-electron chi connectivity index (χ3n) is 5.06. The molecule has 0 atom stereocenters. The van der Waals surface area contributed by atoms with Gasteiger partial charge < -0.3 is 0 Å². The van der Waals surface area contributed by atoms with Crippen LogP contribution in [0, 0.1) is 0 Å². The second kappa shape index (κ2) is 8.78. The summed E-state index contributed by atoms with van der Waals surface area (Å²) in [6.07, 6.45) is 12.4. The molecular formula is C22H31S+. The molecular weight excluding hydrogens is 296 g/mol. The zero-order valence-corrected chi connectivity index (χ0v) is 15.5. The van der Waals surface area contributed by atoms with Crippen LogP contribution >= 0.6 is 0 Å². The largest absolute Gasteiger partial charge is 0.155 e. The molecule has 1 aliphatic rings. The van der Waals surface area contributed by atoms with Gasteiger partial charge in [-0.15, -0.1) is 0 Å². The average Bonchev–Trinajstić information content (AvgIpc) is 3.12. The summed E-state index contributed by atoms with van der Waals surface area (Å²) in [5.74, 6) is 2.84. The molecule has 0 aromatic heterocycles. The third-order valence-corrected chi connectivity index (χ3v) is 7.54. The first-order chi connectivity index (χ1) is 11.4. The lowest BCUT2D eigenvalue weighted by Crippen LogP contribution is -2.03. The van der Waals surface area contributed by atoms with Crippen molar-refractivity contribution in [3.8, 4) is 0 Å². The number of hydrogen-bond donors (Lipinski definition) is 0. The Morgan fingerprint density at radius 3 is 2.30 bits per heavy atom. The molecule has 0 amide bonds. The maximum atomic E-state index is 2.46. The Labute approximate surface area is 145 Å². The Bertz CT molecular complexity index is 610. The number of benzene rings is 2. The van der Waals surface area contributed by atoms with Gasteiger partial charge >= 0.3 is 0 Å². The lowest BCUT2D eigenvalue weighted by Gasteiger charge is -2.06. The first-order valence-electron chi connectivity index (χ1n) is 9.57. The standard InChI is InChI=1S/C22H31S/c1-2-3-4-5-6-7-10-19-11-12-21-18-22(14-13-20(21)17-19)23-15-8-9-16-23/h11-14,17-18H,2-10,15-16H2,1H3/q+1. The smallest absolute Gasteiger partial charge is 0.0654 e. The fourth-order valence-corrected chi connectivity index (χ4v) is 5.94. The van der Waals surface area contributed by atoms with E-state index in [9.17, 15) is 0 Å². The minimum absolute atomic E-state index is 0.539. The molecule has 0 saturated carbocycles. The van der Waals surface area contributed by atoms with Gasteiger partial charge in [0.2, 0.25) is 0 Å². The highest BCUT2D eigenvalue weighted by molar-refractivity contribution is 7.97. The normalized spacial score (nSPS) is 15.5.